The molecule has 212 valence electrons. The van der Waals surface area contributed by atoms with Crippen LogP contribution in [0.15, 0.2) is 30.5 Å². The van der Waals surface area contributed by atoms with Gasteiger partial charge in [0.25, 0.3) is 0 Å². The fourth-order valence-electron chi connectivity index (χ4n) is 3.91. The average molecular weight is 547 g/mol. The number of carbonyl (C=O) groups excluding carboxylic acids is 4. The van der Waals surface area contributed by atoms with Crippen molar-refractivity contribution in [2.24, 2.45) is 17.4 Å². The monoisotopic (exact) mass is 546 g/mol. The Morgan fingerprint density at radius 2 is 1.54 bits per heavy atom. The highest BCUT2D eigenvalue weighted by molar-refractivity contribution is 5.97. The Bertz CT molecular complexity index is 1230. The minimum absolute atomic E-state index is 0.0800. The van der Waals surface area contributed by atoms with Gasteiger partial charge in [0, 0.05) is 23.5 Å². The third-order valence-electron chi connectivity index (χ3n) is 6.28. The third-order valence-corrected chi connectivity index (χ3v) is 6.28. The van der Waals surface area contributed by atoms with E-state index >= 15 is 0 Å². The maximum absolute atomic E-state index is 13.3. The number of H-pyrrole nitrogens is 1. The highest BCUT2D eigenvalue weighted by Crippen LogP contribution is 2.19. The molecule has 1 aromatic carbocycles. The second-order valence-corrected chi connectivity index (χ2v) is 9.27. The Morgan fingerprint density at radius 1 is 0.923 bits per heavy atom. The predicted octanol–water partition coefficient (Wildman–Crippen LogP) is -1.03. The molecule has 0 saturated heterocycles. The fraction of sp³-hybridized carbons (Fsp3) is 0.440. The summed E-state index contributed by atoms with van der Waals surface area (Å²) in [6.07, 6.45) is 0.621. The number of benzene rings is 1. The molecular formula is C25H34N6O8. The van der Waals surface area contributed by atoms with Crippen molar-refractivity contribution in [1.82, 2.24) is 20.9 Å². The Kier molecular flexibility index (Phi) is 11.0. The van der Waals surface area contributed by atoms with Crippen LogP contribution < -0.4 is 27.4 Å². The lowest BCUT2D eigenvalue weighted by Gasteiger charge is -2.26. The van der Waals surface area contributed by atoms with E-state index in [2.05, 4.69) is 20.9 Å². The maximum atomic E-state index is 13.3. The van der Waals surface area contributed by atoms with E-state index in [9.17, 15) is 39.0 Å². The highest BCUT2D eigenvalue weighted by Gasteiger charge is 2.33. The lowest BCUT2D eigenvalue weighted by Crippen LogP contribution is -2.58. The number of carbonyl (C=O) groups is 6. The van der Waals surface area contributed by atoms with Crippen molar-refractivity contribution in [1.29, 1.82) is 0 Å². The van der Waals surface area contributed by atoms with Crippen LogP contribution in [-0.4, -0.2) is 74.9 Å². The number of rotatable bonds is 15. The molecule has 0 aliphatic carbocycles. The Hall–Kier alpha value is -4.46. The molecule has 0 radical (unpaired) electrons. The summed E-state index contributed by atoms with van der Waals surface area (Å²) in [5, 5.41) is 26.7. The first-order chi connectivity index (χ1) is 18.3. The van der Waals surface area contributed by atoms with Crippen LogP contribution in [0.4, 0.5) is 0 Å². The minimum Gasteiger partial charge on any atom is -0.481 e. The van der Waals surface area contributed by atoms with Crippen LogP contribution in [0.25, 0.3) is 10.9 Å². The van der Waals surface area contributed by atoms with Crippen molar-refractivity contribution in [3.05, 3.63) is 36.0 Å². The van der Waals surface area contributed by atoms with E-state index in [4.69, 9.17) is 11.5 Å². The fourth-order valence-corrected chi connectivity index (χ4v) is 3.91. The van der Waals surface area contributed by atoms with Gasteiger partial charge in [0.05, 0.1) is 18.9 Å². The molecule has 2 rings (SSSR count). The normalized spacial score (nSPS) is 14.8. The lowest BCUT2D eigenvalue weighted by atomic mass is 9.98. The van der Waals surface area contributed by atoms with E-state index in [1.54, 1.807) is 38.2 Å². The Morgan fingerprint density at radius 3 is 2.13 bits per heavy atom. The van der Waals surface area contributed by atoms with Crippen LogP contribution in [0.3, 0.4) is 0 Å². The van der Waals surface area contributed by atoms with Gasteiger partial charge in [-0.05, 0) is 17.5 Å². The number of hydrogen-bond acceptors (Lipinski definition) is 7. The summed E-state index contributed by atoms with van der Waals surface area (Å²) in [5.74, 6) is -6.81. The zero-order chi connectivity index (χ0) is 29.3. The SMILES string of the molecule is CCC(C)C(NC(=O)C(Cc1c[nH]c2ccccc12)NC(=O)C(CC(=O)O)NC(=O)C(N)CC(N)=O)C(=O)O. The van der Waals surface area contributed by atoms with Gasteiger partial charge in [-0.1, -0.05) is 38.5 Å². The summed E-state index contributed by atoms with van der Waals surface area (Å²) in [4.78, 5) is 76.1. The largest absolute Gasteiger partial charge is 0.481 e. The molecule has 14 nitrogen and oxygen atoms in total. The number of amides is 4. The van der Waals surface area contributed by atoms with Gasteiger partial charge in [-0.3, -0.25) is 24.0 Å². The quantitative estimate of drug-likeness (QED) is 0.136. The van der Waals surface area contributed by atoms with E-state index in [-0.39, 0.29) is 6.42 Å². The standard InChI is InChI=1S/C25H34N6O8/c1-3-12(2)21(25(38)39)31-24(37)17(8-13-11-28-16-7-5-4-6-14(13)16)30-23(36)18(10-20(33)34)29-22(35)15(26)9-19(27)32/h4-7,11-12,15,17-18,21,28H,3,8-10,26H2,1-2H3,(H2,27,32)(H,29,35)(H,30,36)(H,31,37)(H,33,34)(H,38,39). The molecule has 0 aliphatic heterocycles. The van der Waals surface area contributed by atoms with E-state index < -0.39 is 78.5 Å². The van der Waals surface area contributed by atoms with Crippen molar-refractivity contribution < 1.29 is 39.0 Å². The summed E-state index contributed by atoms with van der Waals surface area (Å²) in [6.45, 7) is 3.42. The minimum atomic E-state index is -1.66. The predicted molar refractivity (Wildman–Crippen MR) is 139 cm³/mol. The number of aliphatic carboxylic acids is 2. The number of nitrogens with one attached hydrogen (secondary N) is 4. The van der Waals surface area contributed by atoms with E-state index in [1.165, 1.54) is 0 Å². The molecule has 0 aliphatic rings. The van der Waals surface area contributed by atoms with Crippen LogP contribution in [0.5, 0.6) is 0 Å². The van der Waals surface area contributed by atoms with Crippen molar-refractivity contribution >= 4 is 46.5 Å². The molecular weight excluding hydrogens is 512 g/mol. The molecule has 1 aromatic heterocycles. The maximum Gasteiger partial charge on any atom is 0.326 e. The number of carboxylic acid groups (broad SMARTS) is 2. The van der Waals surface area contributed by atoms with E-state index in [0.717, 1.165) is 10.9 Å². The van der Waals surface area contributed by atoms with Crippen LogP contribution in [0.2, 0.25) is 0 Å². The second kappa shape index (κ2) is 13.9. The van der Waals surface area contributed by atoms with E-state index in [0.29, 0.717) is 12.0 Å². The summed E-state index contributed by atoms with van der Waals surface area (Å²) in [7, 11) is 0. The first-order valence-corrected chi connectivity index (χ1v) is 12.3. The molecule has 0 spiro atoms. The van der Waals surface area contributed by atoms with Gasteiger partial charge in [-0.2, -0.15) is 0 Å². The lowest BCUT2D eigenvalue weighted by molar-refractivity contribution is -0.144. The number of hydrogen-bond donors (Lipinski definition) is 8. The molecule has 0 fully saturated rings. The smallest absolute Gasteiger partial charge is 0.326 e. The molecule has 0 saturated carbocycles. The second-order valence-electron chi connectivity index (χ2n) is 9.27. The first-order valence-electron chi connectivity index (χ1n) is 12.3. The summed E-state index contributed by atoms with van der Waals surface area (Å²) in [6, 6.07) is 1.53. The van der Waals surface area contributed by atoms with Crippen molar-refractivity contribution in [3.63, 3.8) is 0 Å². The number of aromatic nitrogens is 1. The summed E-state index contributed by atoms with van der Waals surface area (Å²) >= 11 is 0. The van der Waals surface area contributed by atoms with Gasteiger partial charge < -0.3 is 42.6 Å². The number of aromatic amines is 1. The van der Waals surface area contributed by atoms with Gasteiger partial charge in [0.2, 0.25) is 23.6 Å². The van der Waals surface area contributed by atoms with Gasteiger partial charge >= 0.3 is 11.9 Å². The average Bonchev–Trinajstić information content (AvgIpc) is 3.27. The van der Waals surface area contributed by atoms with Gasteiger partial charge in [0.1, 0.15) is 18.1 Å². The van der Waals surface area contributed by atoms with Gasteiger partial charge in [-0.25, -0.2) is 4.79 Å². The molecule has 1 heterocycles. The Labute approximate surface area is 223 Å². The third kappa shape index (κ3) is 8.81. The van der Waals surface area contributed by atoms with Crippen LogP contribution in [-0.2, 0) is 35.2 Å². The van der Waals surface area contributed by atoms with Crippen molar-refractivity contribution in [2.75, 3.05) is 0 Å². The van der Waals surface area contributed by atoms with E-state index in [1.807, 2.05) is 6.07 Å². The molecule has 4 amide bonds. The molecule has 5 atom stereocenters. The van der Waals surface area contributed by atoms with Gasteiger partial charge in [0.15, 0.2) is 0 Å². The molecule has 14 heteroatoms. The number of fused-ring (bicyclic) bond motifs is 1. The Balaban J connectivity index is 2.35. The van der Waals surface area contributed by atoms with Crippen LogP contribution in [0, 0.1) is 5.92 Å². The molecule has 10 N–H and O–H groups in total. The first kappa shape index (κ1) is 30.8. The number of primary amides is 1. The molecule has 2 aromatic rings. The summed E-state index contributed by atoms with van der Waals surface area (Å²) < 4.78 is 0. The zero-order valence-corrected chi connectivity index (χ0v) is 21.6. The van der Waals surface area contributed by atoms with Crippen molar-refractivity contribution in [2.45, 2.75) is 63.7 Å². The van der Waals surface area contributed by atoms with Crippen LogP contribution in [0.1, 0.15) is 38.7 Å². The molecule has 5 unspecified atom stereocenters. The van der Waals surface area contributed by atoms with Gasteiger partial charge in [-0.15, -0.1) is 0 Å². The summed E-state index contributed by atoms with van der Waals surface area (Å²) in [5.41, 5.74) is 12.0. The zero-order valence-electron chi connectivity index (χ0n) is 21.6. The van der Waals surface area contributed by atoms with Crippen LogP contribution >= 0.6 is 0 Å². The number of para-hydroxylation sites is 1. The number of nitrogens with two attached hydrogens (primary N) is 2. The molecule has 0 bridgehead atoms. The number of carboxylic acids is 2. The molecule has 39 heavy (non-hydrogen) atoms. The highest BCUT2D eigenvalue weighted by atomic mass is 16.4. The van der Waals surface area contributed by atoms with Crippen molar-refractivity contribution in [3.8, 4) is 0 Å². The topological polar surface area (TPSA) is 247 Å².